The van der Waals surface area contributed by atoms with Crippen LogP contribution in [0.4, 0.5) is 0 Å². The SMILES string of the molecule is CC/C=C/C(CC)CC(C)CC1(CC)C=C(CC)C(CC(=O)O)OO1. The van der Waals surface area contributed by atoms with Crippen molar-refractivity contribution in [2.75, 3.05) is 0 Å². The van der Waals surface area contributed by atoms with Crippen molar-refractivity contribution in [3.63, 3.8) is 0 Å². The number of rotatable bonds is 11. The minimum Gasteiger partial charge on any atom is -0.481 e. The summed E-state index contributed by atoms with van der Waals surface area (Å²) in [6.45, 7) is 10.8. The summed E-state index contributed by atoms with van der Waals surface area (Å²) >= 11 is 0. The minimum atomic E-state index is -0.862. The molecular weight excluding hydrogens is 316 g/mol. The summed E-state index contributed by atoms with van der Waals surface area (Å²) in [5, 5.41) is 9.04. The number of aliphatic carboxylic acids is 1. The van der Waals surface area contributed by atoms with Gasteiger partial charge in [0, 0.05) is 0 Å². The first kappa shape index (κ1) is 21.9. The van der Waals surface area contributed by atoms with Crippen LogP contribution in [0.5, 0.6) is 0 Å². The maximum Gasteiger partial charge on any atom is 0.306 e. The summed E-state index contributed by atoms with van der Waals surface area (Å²) in [7, 11) is 0. The van der Waals surface area contributed by atoms with Crippen LogP contribution < -0.4 is 0 Å². The molecule has 0 aromatic heterocycles. The Kier molecular flexibility index (Phi) is 9.44. The topological polar surface area (TPSA) is 55.8 Å². The van der Waals surface area contributed by atoms with Crippen LogP contribution in [0.1, 0.15) is 79.6 Å². The Morgan fingerprint density at radius 2 is 2.08 bits per heavy atom. The molecule has 0 saturated carbocycles. The van der Waals surface area contributed by atoms with Crippen LogP contribution in [-0.2, 0) is 14.6 Å². The molecule has 4 atom stereocenters. The zero-order valence-corrected chi connectivity index (χ0v) is 16.6. The molecule has 1 rings (SSSR count). The van der Waals surface area contributed by atoms with Crippen molar-refractivity contribution in [2.24, 2.45) is 11.8 Å². The van der Waals surface area contributed by atoms with Gasteiger partial charge in [0.2, 0.25) is 0 Å². The van der Waals surface area contributed by atoms with Gasteiger partial charge >= 0.3 is 5.97 Å². The van der Waals surface area contributed by atoms with Crippen LogP contribution in [0.15, 0.2) is 23.8 Å². The number of allylic oxidation sites excluding steroid dienone is 2. The van der Waals surface area contributed by atoms with Gasteiger partial charge in [-0.2, -0.15) is 0 Å². The fraction of sp³-hybridized carbons (Fsp3) is 0.762. The zero-order valence-electron chi connectivity index (χ0n) is 16.6. The van der Waals surface area contributed by atoms with Crippen molar-refractivity contribution in [3.8, 4) is 0 Å². The van der Waals surface area contributed by atoms with E-state index in [9.17, 15) is 4.79 Å². The van der Waals surface area contributed by atoms with Gasteiger partial charge in [0.15, 0.2) is 0 Å². The summed E-state index contributed by atoms with van der Waals surface area (Å²) in [6, 6.07) is 0. The number of carboxylic acid groups (broad SMARTS) is 1. The summed E-state index contributed by atoms with van der Waals surface area (Å²) in [5.41, 5.74) is 0.604. The minimum absolute atomic E-state index is 0.0469. The zero-order chi connectivity index (χ0) is 18.9. The highest BCUT2D eigenvalue weighted by molar-refractivity contribution is 5.68. The van der Waals surface area contributed by atoms with E-state index in [1.165, 1.54) is 0 Å². The summed E-state index contributed by atoms with van der Waals surface area (Å²) in [4.78, 5) is 22.3. The van der Waals surface area contributed by atoms with E-state index in [1.807, 2.05) is 6.92 Å². The normalized spacial score (nSPS) is 26.4. The van der Waals surface area contributed by atoms with Gasteiger partial charge in [-0.1, -0.05) is 46.8 Å². The summed E-state index contributed by atoms with van der Waals surface area (Å²) in [5.74, 6) is 0.238. The van der Waals surface area contributed by atoms with Crippen LogP contribution in [0, 0.1) is 11.8 Å². The number of hydrogen-bond donors (Lipinski definition) is 1. The molecule has 0 bridgehead atoms. The van der Waals surface area contributed by atoms with Gasteiger partial charge in [0.1, 0.15) is 11.7 Å². The predicted octanol–water partition coefficient (Wildman–Crippen LogP) is 5.69. The van der Waals surface area contributed by atoms with Crippen molar-refractivity contribution < 1.29 is 19.7 Å². The lowest BCUT2D eigenvalue weighted by Gasteiger charge is -2.38. The number of carbonyl (C=O) groups is 1. The highest BCUT2D eigenvalue weighted by atomic mass is 17.2. The Morgan fingerprint density at radius 1 is 1.36 bits per heavy atom. The van der Waals surface area contributed by atoms with Crippen molar-refractivity contribution in [2.45, 2.75) is 91.3 Å². The Balaban J connectivity index is 2.82. The lowest BCUT2D eigenvalue weighted by Crippen LogP contribution is -2.40. The third-order valence-corrected chi connectivity index (χ3v) is 5.13. The summed E-state index contributed by atoms with van der Waals surface area (Å²) < 4.78 is 0. The molecule has 0 radical (unpaired) electrons. The van der Waals surface area contributed by atoms with Gasteiger partial charge in [-0.15, -0.1) is 0 Å². The highest BCUT2D eigenvalue weighted by Gasteiger charge is 2.37. The second-order valence-electron chi connectivity index (χ2n) is 7.31. The third kappa shape index (κ3) is 6.95. The Hall–Kier alpha value is -1.13. The maximum absolute atomic E-state index is 11.0. The molecule has 0 amide bonds. The molecule has 0 fully saturated rings. The maximum atomic E-state index is 11.0. The Morgan fingerprint density at radius 3 is 2.60 bits per heavy atom. The van der Waals surface area contributed by atoms with Crippen LogP contribution >= 0.6 is 0 Å². The second-order valence-corrected chi connectivity index (χ2v) is 7.31. The smallest absolute Gasteiger partial charge is 0.306 e. The fourth-order valence-corrected chi connectivity index (χ4v) is 3.62. The molecule has 0 spiro atoms. The van der Waals surface area contributed by atoms with Gasteiger partial charge in [-0.05, 0) is 62.0 Å². The van der Waals surface area contributed by atoms with E-state index in [0.29, 0.717) is 11.8 Å². The van der Waals surface area contributed by atoms with Gasteiger partial charge in [-0.3, -0.25) is 4.79 Å². The van der Waals surface area contributed by atoms with E-state index in [1.54, 1.807) is 0 Å². The van der Waals surface area contributed by atoms with E-state index in [0.717, 1.165) is 44.1 Å². The first-order chi connectivity index (χ1) is 11.9. The molecule has 4 unspecified atom stereocenters. The molecule has 0 aromatic rings. The van der Waals surface area contributed by atoms with Gasteiger partial charge in [-0.25, -0.2) is 9.78 Å². The average Bonchev–Trinajstić information content (AvgIpc) is 2.59. The van der Waals surface area contributed by atoms with E-state index < -0.39 is 17.7 Å². The molecule has 1 aliphatic rings. The molecule has 0 saturated heterocycles. The third-order valence-electron chi connectivity index (χ3n) is 5.13. The molecule has 144 valence electrons. The lowest BCUT2D eigenvalue weighted by atomic mass is 9.81. The van der Waals surface area contributed by atoms with Crippen LogP contribution in [-0.4, -0.2) is 22.8 Å². The van der Waals surface area contributed by atoms with E-state index in [4.69, 9.17) is 14.9 Å². The first-order valence-corrected chi connectivity index (χ1v) is 9.84. The van der Waals surface area contributed by atoms with Gasteiger partial charge < -0.3 is 5.11 Å². The van der Waals surface area contributed by atoms with Gasteiger partial charge in [0.25, 0.3) is 0 Å². The highest BCUT2D eigenvalue weighted by Crippen LogP contribution is 2.37. The van der Waals surface area contributed by atoms with Gasteiger partial charge in [0.05, 0.1) is 6.42 Å². The molecule has 1 N–H and O–H groups in total. The second kappa shape index (κ2) is 10.8. The van der Waals surface area contributed by atoms with Crippen LogP contribution in [0.2, 0.25) is 0 Å². The van der Waals surface area contributed by atoms with Crippen molar-refractivity contribution in [1.29, 1.82) is 0 Å². The van der Waals surface area contributed by atoms with Crippen molar-refractivity contribution >= 4 is 5.97 Å². The standard InChI is InChI=1S/C21H36O4/c1-6-10-11-17(7-2)12-16(5)14-21(9-4)15-18(8-3)19(24-25-21)13-20(22)23/h10-11,15-17,19H,6-9,12-14H2,1-5H3,(H,22,23)/b11-10+. The molecule has 0 aliphatic carbocycles. The predicted molar refractivity (Wildman–Crippen MR) is 101 cm³/mol. The van der Waals surface area contributed by atoms with E-state index >= 15 is 0 Å². The fourth-order valence-electron chi connectivity index (χ4n) is 3.62. The molecule has 0 aromatic carbocycles. The molecule has 4 heteroatoms. The lowest BCUT2D eigenvalue weighted by molar-refractivity contribution is -0.378. The molecule has 25 heavy (non-hydrogen) atoms. The first-order valence-electron chi connectivity index (χ1n) is 9.84. The monoisotopic (exact) mass is 352 g/mol. The summed E-state index contributed by atoms with van der Waals surface area (Å²) in [6.07, 6.45) is 12.1. The molecular formula is C21H36O4. The van der Waals surface area contributed by atoms with Crippen LogP contribution in [0.25, 0.3) is 0 Å². The van der Waals surface area contributed by atoms with Crippen LogP contribution in [0.3, 0.4) is 0 Å². The van der Waals surface area contributed by atoms with Crippen molar-refractivity contribution in [1.82, 2.24) is 0 Å². The van der Waals surface area contributed by atoms with E-state index in [2.05, 4.69) is 45.9 Å². The number of carboxylic acids is 1. The molecule has 4 nitrogen and oxygen atoms in total. The van der Waals surface area contributed by atoms with Crippen molar-refractivity contribution in [3.05, 3.63) is 23.8 Å². The quantitative estimate of drug-likeness (QED) is 0.383. The van der Waals surface area contributed by atoms with E-state index in [-0.39, 0.29) is 6.42 Å². The Bertz CT molecular complexity index is 469. The Labute approximate surface area is 153 Å². The molecule has 1 aliphatic heterocycles. The largest absolute Gasteiger partial charge is 0.481 e. The molecule has 1 heterocycles. The average molecular weight is 353 g/mol. The number of hydrogen-bond acceptors (Lipinski definition) is 3.